The Hall–Kier alpha value is -1.69. The summed E-state index contributed by atoms with van der Waals surface area (Å²) in [5.41, 5.74) is 0.548. The summed E-state index contributed by atoms with van der Waals surface area (Å²) in [5.74, 6) is 0.548. The molecule has 1 aliphatic heterocycles. The molecule has 1 saturated heterocycles. The fraction of sp³-hybridized carbons (Fsp3) is 0.545. The lowest BCUT2D eigenvalue weighted by atomic mass is 9.98. The van der Waals surface area contributed by atoms with E-state index in [1.54, 1.807) is 23.3 Å². The molecule has 1 aliphatic rings. The predicted octanol–water partition coefficient (Wildman–Crippen LogP) is -0.109. The molecule has 17 heavy (non-hydrogen) atoms. The maximum absolute atomic E-state index is 12.0. The van der Waals surface area contributed by atoms with Crippen molar-refractivity contribution in [2.24, 2.45) is 5.92 Å². The molecule has 0 aromatic carbocycles. The Kier molecular flexibility index (Phi) is 2.64. The number of hydrogen-bond acceptors (Lipinski definition) is 4. The van der Waals surface area contributed by atoms with Gasteiger partial charge in [-0.1, -0.05) is 0 Å². The van der Waals surface area contributed by atoms with Crippen LogP contribution >= 0.6 is 0 Å². The first kappa shape index (κ1) is 10.5. The van der Waals surface area contributed by atoms with Crippen LogP contribution in [0, 0.1) is 5.92 Å². The summed E-state index contributed by atoms with van der Waals surface area (Å²) in [7, 11) is 0. The van der Waals surface area contributed by atoms with Gasteiger partial charge < -0.3 is 5.32 Å². The highest BCUT2D eigenvalue weighted by molar-refractivity contribution is 5.31. The van der Waals surface area contributed by atoms with Gasteiger partial charge in [0, 0.05) is 18.9 Å². The number of nitrogens with one attached hydrogen (secondary N) is 1. The number of rotatable bonds is 2. The Morgan fingerprint density at radius 1 is 1.41 bits per heavy atom. The zero-order chi connectivity index (χ0) is 11.7. The summed E-state index contributed by atoms with van der Waals surface area (Å²) in [4.78, 5) is 16.0. The second-order valence-corrected chi connectivity index (χ2v) is 4.46. The lowest BCUT2D eigenvalue weighted by Crippen LogP contribution is -2.32. The van der Waals surface area contributed by atoms with E-state index >= 15 is 0 Å². The quantitative estimate of drug-likeness (QED) is 0.786. The van der Waals surface area contributed by atoms with E-state index in [9.17, 15) is 4.79 Å². The van der Waals surface area contributed by atoms with Crippen LogP contribution in [0.25, 0.3) is 5.65 Å². The second-order valence-electron chi connectivity index (χ2n) is 4.46. The molecule has 0 unspecified atom stereocenters. The van der Waals surface area contributed by atoms with Crippen molar-refractivity contribution < 1.29 is 0 Å². The minimum absolute atomic E-state index is 0.0686. The summed E-state index contributed by atoms with van der Waals surface area (Å²) >= 11 is 0. The standard InChI is InChI=1S/C11H15N5O/c17-11-15-6-5-13-7-10(15)14-16(11)8-9-1-3-12-4-2-9/h5-7,9,12H,1-4,8H2. The Balaban J connectivity index is 1.89. The lowest BCUT2D eigenvalue weighted by Gasteiger charge is -2.21. The van der Waals surface area contributed by atoms with Crippen LogP contribution in [0.4, 0.5) is 0 Å². The average molecular weight is 233 g/mol. The van der Waals surface area contributed by atoms with Gasteiger partial charge in [-0.15, -0.1) is 5.10 Å². The minimum atomic E-state index is -0.0686. The van der Waals surface area contributed by atoms with Gasteiger partial charge in [0.25, 0.3) is 0 Å². The maximum atomic E-state index is 12.0. The molecule has 2 aromatic rings. The van der Waals surface area contributed by atoms with Gasteiger partial charge in [0.1, 0.15) is 0 Å². The average Bonchev–Trinajstić information content (AvgIpc) is 2.68. The van der Waals surface area contributed by atoms with Gasteiger partial charge in [0.2, 0.25) is 0 Å². The van der Waals surface area contributed by atoms with E-state index in [-0.39, 0.29) is 5.69 Å². The van der Waals surface area contributed by atoms with Crippen molar-refractivity contribution in [3.05, 3.63) is 29.1 Å². The van der Waals surface area contributed by atoms with Crippen molar-refractivity contribution in [2.45, 2.75) is 19.4 Å². The zero-order valence-corrected chi connectivity index (χ0v) is 9.54. The summed E-state index contributed by atoms with van der Waals surface area (Å²) in [6, 6.07) is 0. The molecule has 0 spiro atoms. The van der Waals surface area contributed by atoms with E-state index in [2.05, 4.69) is 15.4 Å². The van der Waals surface area contributed by atoms with Crippen molar-refractivity contribution in [3.63, 3.8) is 0 Å². The Labute approximate surface area is 98.3 Å². The van der Waals surface area contributed by atoms with E-state index in [1.165, 1.54) is 4.40 Å². The van der Waals surface area contributed by atoms with Crippen LogP contribution in [0.1, 0.15) is 12.8 Å². The molecule has 1 N–H and O–H groups in total. The molecule has 3 rings (SSSR count). The van der Waals surface area contributed by atoms with E-state index in [0.717, 1.165) is 25.9 Å². The summed E-state index contributed by atoms with van der Waals surface area (Å²) in [6.07, 6.45) is 7.09. The van der Waals surface area contributed by atoms with Gasteiger partial charge in [-0.25, -0.2) is 13.9 Å². The van der Waals surface area contributed by atoms with Crippen LogP contribution in [0.5, 0.6) is 0 Å². The van der Waals surface area contributed by atoms with Gasteiger partial charge in [-0.2, -0.15) is 0 Å². The molecule has 3 heterocycles. The predicted molar refractivity (Wildman–Crippen MR) is 62.8 cm³/mol. The number of hydrogen-bond donors (Lipinski definition) is 1. The Morgan fingerprint density at radius 2 is 2.24 bits per heavy atom. The SMILES string of the molecule is O=c1n(CC2CCNCC2)nc2cnccn12. The molecule has 2 aromatic heterocycles. The minimum Gasteiger partial charge on any atom is -0.317 e. The van der Waals surface area contributed by atoms with Crippen molar-refractivity contribution in [1.82, 2.24) is 24.5 Å². The van der Waals surface area contributed by atoms with Crippen LogP contribution in [-0.4, -0.2) is 32.3 Å². The third-order valence-electron chi connectivity index (χ3n) is 3.28. The fourth-order valence-corrected chi connectivity index (χ4v) is 2.31. The largest absolute Gasteiger partial charge is 0.350 e. The smallest absolute Gasteiger partial charge is 0.317 e. The first-order valence-corrected chi connectivity index (χ1v) is 5.94. The van der Waals surface area contributed by atoms with Gasteiger partial charge >= 0.3 is 5.69 Å². The first-order valence-electron chi connectivity index (χ1n) is 5.94. The van der Waals surface area contributed by atoms with Crippen LogP contribution in [-0.2, 0) is 6.54 Å². The molecule has 90 valence electrons. The lowest BCUT2D eigenvalue weighted by molar-refractivity contribution is 0.317. The number of nitrogens with zero attached hydrogens (tertiary/aromatic N) is 4. The van der Waals surface area contributed by atoms with Crippen molar-refractivity contribution >= 4 is 5.65 Å². The molecular formula is C11H15N5O. The molecule has 0 radical (unpaired) electrons. The highest BCUT2D eigenvalue weighted by Crippen LogP contribution is 2.12. The van der Waals surface area contributed by atoms with Gasteiger partial charge in [-0.3, -0.25) is 4.98 Å². The van der Waals surface area contributed by atoms with E-state index < -0.39 is 0 Å². The number of piperidine rings is 1. The third kappa shape index (κ3) is 1.95. The molecule has 0 saturated carbocycles. The molecule has 6 heteroatoms. The van der Waals surface area contributed by atoms with Gasteiger partial charge in [0.15, 0.2) is 5.65 Å². The van der Waals surface area contributed by atoms with Crippen LogP contribution in [0.2, 0.25) is 0 Å². The molecule has 1 fully saturated rings. The number of aromatic nitrogens is 4. The molecular weight excluding hydrogens is 218 g/mol. The molecule has 0 atom stereocenters. The number of fused-ring (bicyclic) bond motifs is 1. The Bertz CT molecular complexity index is 566. The zero-order valence-electron chi connectivity index (χ0n) is 9.54. The molecule has 0 amide bonds. The maximum Gasteiger partial charge on any atom is 0.350 e. The van der Waals surface area contributed by atoms with Crippen LogP contribution < -0.4 is 11.0 Å². The molecule has 0 aliphatic carbocycles. The van der Waals surface area contributed by atoms with E-state index in [0.29, 0.717) is 18.1 Å². The van der Waals surface area contributed by atoms with Gasteiger partial charge in [0.05, 0.1) is 6.20 Å². The van der Waals surface area contributed by atoms with Crippen LogP contribution in [0.3, 0.4) is 0 Å². The van der Waals surface area contributed by atoms with E-state index in [4.69, 9.17) is 0 Å². The summed E-state index contributed by atoms with van der Waals surface area (Å²) in [6.45, 7) is 2.78. The Morgan fingerprint density at radius 3 is 3.00 bits per heavy atom. The molecule has 6 nitrogen and oxygen atoms in total. The van der Waals surface area contributed by atoms with Gasteiger partial charge in [-0.05, 0) is 31.8 Å². The first-order chi connectivity index (χ1) is 8.34. The monoisotopic (exact) mass is 233 g/mol. The highest BCUT2D eigenvalue weighted by Gasteiger charge is 2.16. The van der Waals surface area contributed by atoms with Crippen molar-refractivity contribution in [1.29, 1.82) is 0 Å². The third-order valence-corrected chi connectivity index (χ3v) is 3.28. The topological polar surface area (TPSA) is 64.2 Å². The van der Waals surface area contributed by atoms with E-state index in [1.807, 2.05) is 0 Å². The van der Waals surface area contributed by atoms with Crippen LogP contribution in [0.15, 0.2) is 23.4 Å². The fourth-order valence-electron chi connectivity index (χ4n) is 2.31. The highest BCUT2D eigenvalue weighted by atomic mass is 16.2. The van der Waals surface area contributed by atoms with Crippen molar-refractivity contribution in [3.8, 4) is 0 Å². The second kappa shape index (κ2) is 4.29. The summed E-state index contributed by atoms with van der Waals surface area (Å²) in [5, 5.41) is 7.61. The van der Waals surface area contributed by atoms with Crippen molar-refractivity contribution in [2.75, 3.05) is 13.1 Å². The summed E-state index contributed by atoms with van der Waals surface area (Å²) < 4.78 is 3.10. The molecule has 0 bridgehead atoms. The normalized spacial score (nSPS) is 17.6.